The Bertz CT molecular complexity index is 1110. The van der Waals surface area contributed by atoms with Crippen molar-refractivity contribution in [1.29, 1.82) is 0 Å². The Balaban J connectivity index is 1.66. The Hall–Kier alpha value is -3.49. The van der Waals surface area contributed by atoms with Crippen molar-refractivity contribution in [3.05, 3.63) is 70.8 Å². The molecule has 1 aliphatic heterocycles. The van der Waals surface area contributed by atoms with E-state index in [9.17, 15) is 24.6 Å². The van der Waals surface area contributed by atoms with E-state index in [1.54, 1.807) is 36.4 Å². The van der Waals surface area contributed by atoms with E-state index < -0.39 is 36.0 Å². The van der Waals surface area contributed by atoms with Gasteiger partial charge in [0.05, 0.1) is 12.2 Å². The zero-order valence-corrected chi connectivity index (χ0v) is 16.7. The number of rotatable bonds is 4. The third-order valence-electron chi connectivity index (χ3n) is 5.74. The molecule has 0 radical (unpaired) electrons. The number of aliphatic hydroxyl groups is 2. The minimum atomic E-state index is -1.16. The topological polar surface area (TPSA) is 136 Å². The van der Waals surface area contributed by atoms with E-state index >= 15 is 0 Å². The van der Waals surface area contributed by atoms with Gasteiger partial charge in [0, 0.05) is 28.3 Å². The molecule has 2 amide bonds. The van der Waals surface area contributed by atoms with Gasteiger partial charge in [-0.2, -0.15) is 0 Å². The average Bonchev–Trinajstić information content (AvgIpc) is 3.06. The van der Waals surface area contributed by atoms with E-state index in [0.29, 0.717) is 28.0 Å². The van der Waals surface area contributed by atoms with Crippen molar-refractivity contribution in [3.8, 4) is 0 Å². The summed E-state index contributed by atoms with van der Waals surface area (Å²) in [6, 6.07) is 10.6. The Labute approximate surface area is 178 Å². The molecule has 0 bridgehead atoms. The molecule has 1 aliphatic carbocycles. The predicted octanol–water partition coefficient (Wildman–Crippen LogP) is 2.01. The van der Waals surface area contributed by atoms with Crippen LogP contribution >= 0.6 is 0 Å². The number of fused-ring (bicyclic) bond motifs is 2. The number of nitrogens with one attached hydrogen (secondary N) is 2. The Morgan fingerprint density at radius 1 is 1.16 bits per heavy atom. The van der Waals surface area contributed by atoms with Crippen molar-refractivity contribution in [3.63, 3.8) is 0 Å². The molecule has 1 heterocycles. The maximum Gasteiger partial charge on any atom is 0.325 e. The number of aliphatic carboxylic acids is 1. The minimum Gasteiger partial charge on any atom is -0.480 e. The van der Waals surface area contributed by atoms with Gasteiger partial charge in [0.15, 0.2) is 0 Å². The Morgan fingerprint density at radius 3 is 2.58 bits per heavy atom. The SMILES string of the molecule is C[C@H](NC(=O)c1ccc2c(c1)C(=CC1CC(O)c3ccccc3C1O)C(=O)N2)C(=O)O. The zero-order chi connectivity index (χ0) is 22.3. The molecule has 2 aromatic carbocycles. The lowest BCUT2D eigenvalue weighted by molar-refractivity contribution is -0.138. The van der Waals surface area contributed by atoms with Gasteiger partial charge in [-0.25, -0.2) is 0 Å². The van der Waals surface area contributed by atoms with E-state index in [0.717, 1.165) is 0 Å². The van der Waals surface area contributed by atoms with Crippen molar-refractivity contribution in [2.24, 2.45) is 5.92 Å². The van der Waals surface area contributed by atoms with Crippen LogP contribution < -0.4 is 10.6 Å². The Morgan fingerprint density at radius 2 is 1.87 bits per heavy atom. The first-order valence-electron chi connectivity index (χ1n) is 9.92. The maximum atomic E-state index is 12.6. The molecule has 5 N–H and O–H groups in total. The quantitative estimate of drug-likeness (QED) is 0.478. The van der Waals surface area contributed by atoms with Crippen molar-refractivity contribution < 1.29 is 29.7 Å². The lowest BCUT2D eigenvalue weighted by Crippen LogP contribution is -2.38. The highest BCUT2D eigenvalue weighted by Gasteiger charge is 2.34. The highest BCUT2D eigenvalue weighted by molar-refractivity contribution is 6.31. The fourth-order valence-corrected chi connectivity index (χ4v) is 4.04. The van der Waals surface area contributed by atoms with Crippen LogP contribution in [0.5, 0.6) is 0 Å². The fourth-order valence-electron chi connectivity index (χ4n) is 4.04. The van der Waals surface area contributed by atoms with Gasteiger partial charge in [-0.15, -0.1) is 0 Å². The number of benzene rings is 2. The molecule has 0 spiro atoms. The average molecular weight is 422 g/mol. The Kier molecular flexibility index (Phi) is 5.34. The van der Waals surface area contributed by atoms with Crippen molar-refractivity contribution in [2.75, 3.05) is 5.32 Å². The largest absolute Gasteiger partial charge is 0.480 e. The lowest BCUT2D eigenvalue weighted by atomic mass is 9.78. The third-order valence-corrected chi connectivity index (χ3v) is 5.74. The number of carbonyl (C=O) groups is 3. The number of aliphatic hydroxyl groups excluding tert-OH is 2. The molecular weight excluding hydrogens is 400 g/mol. The molecule has 8 nitrogen and oxygen atoms in total. The summed E-state index contributed by atoms with van der Waals surface area (Å²) in [6.07, 6.45) is 0.236. The smallest absolute Gasteiger partial charge is 0.325 e. The second-order valence-corrected chi connectivity index (χ2v) is 7.82. The van der Waals surface area contributed by atoms with Crippen LogP contribution in [0.1, 0.15) is 52.6 Å². The molecule has 0 aromatic heterocycles. The van der Waals surface area contributed by atoms with Gasteiger partial charge in [0.25, 0.3) is 11.8 Å². The van der Waals surface area contributed by atoms with Crippen LogP contribution in [-0.4, -0.2) is 39.1 Å². The van der Waals surface area contributed by atoms with Crippen LogP contribution in [0.2, 0.25) is 0 Å². The number of carbonyl (C=O) groups excluding carboxylic acids is 2. The first kappa shape index (κ1) is 20.8. The number of amides is 2. The molecule has 0 saturated heterocycles. The highest BCUT2D eigenvalue weighted by Crippen LogP contribution is 2.43. The van der Waals surface area contributed by atoms with E-state index in [2.05, 4.69) is 10.6 Å². The first-order chi connectivity index (χ1) is 14.8. The van der Waals surface area contributed by atoms with Crippen molar-refractivity contribution in [1.82, 2.24) is 5.32 Å². The summed E-state index contributed by atoms with van der Waals surface area (Å²) < 4.78 is 0. The summed E-state index contributed by atoms with van der Waals surface area (Å²) in [6.45, 7) is 1.36. The van der Waals surface area contributed by atoms with Gasteiger partial charge in [-0.1, -0.05) is 30.3 Å². The van der Waals surface area contributed by atoms with Crippen LogP contribution in [0.25, 0.3) is 5.57 Å². The molecule has 3 unspecified atom stereocenters. The summed E-state index contributed by atoms with van der Waals surface area (Å²) in [7, 11) is 0. The third kappa shape index (κ3) is 3.83. The molecule has 8 heteroatoms. The summed E-state index contributed by atoms with van der Waals surface area (Å²) in [5, 5.41) is 35.4. The van der Waals surface area contributed by atoms with E-state index in [-0.39, 0.29) is 17.9 Å². The van der Waals surface area contributed by atoms with Crippen LogP contribution in [0.15, 0.2) is 48.5 Å². The first-order valence-corrected chi connectivity index (χ1v) is 9.92. The van der Waals surface area contributed by atoms with Crippen molar-refractivity contribution in [2.45, 2.75) is 31.6 Å². The normalized spacial score (nSPS) is 24.2. The second kappa shape index (κ2) is 7.98. The van der Waals surface area contributed by atoms with Gasteiger partial charge in [-0.3, -0.25) is 14.4 Å². The van der Waals surface area contributed by atoms with Crippen molar-refractivity contribution >= 4 is 29.0 Å². The summed E-state index contributed by atoms with van der Waals surface area (Å²) in [5.74, 6) is -2.59. The molecule has 2 aliphatic rings. The molecule has 4 atom stereocenters. The van der Waals surface area contributed by atoms with Crippen LogP contribution in [-0.2, 0) is 9.59 Å². The van der Waals surface area contributed by atoms with Gasteiger partial charge in [0.2, 0.25) is 0 Å². The number of anilines is 1. The summed E-state index contributed by atoms with van der Waals surface area (Å²) in [5.41, 5.74) is 2.81. The molecule has 0 saturated carbocycles. The molecular formula is C23H22N2O6. The predicted molar refractivity (Wildman–Crippen MR) is 112 cm³/mol. The van der Waals surface area contributed by atoms with Gasteiger partial charge < -0.3 is 26.0 Å². The van der Waals surface area contributed by atoms with E-state index in [4.69, 9.17) is 5.11 Å². The number of hydrogen-bond donors (Lipinski definition) is 5. The monoisotopic (exact) mass is 422 g/mol. The zero-order valence-electron chi connectivity index (χ0n) is 16.7. The molecule has 31 heavy (non-hydrogen) atoms. The minimum absolute atomic E-state index is 0.212. The molecule has 160 valence electrons. The molecule has 4 rings (SSSR count). The number of hydrogen-bond acceptors (Lipinski definition) is 5. The number of carboxylic acids is 1. The summed E-state index contributed by atoms with van der Waals surface area (Å²) >= 11 is 0. The number of carboxylic acid groups (broad SMARTS) is 1. The van der Waals surface area contributed by atoms with Crippen LogP contribution in [0, 0.1) is 5.92 Å². The van der Waals surface area contributed by atoms with Gasteiger partial charge in [-0.05, 0) is 42.7 Å². The standard InChI is InChI=1S/C23H22N2O6/c1-11(23(30)31)24-21(28)12-6-7-18-16(8-12)17(22(29)25-18)9-13-10-19(26)14-4-2-3-5-15(14)20(13)27/h2-9,11,13,19-20,26-27H,10H2,1H3,(H,24,28)(H,25,29)(H,30,31)/t11-,13?,19?,20?/m0/s1. The molecule has 0 fully saturated rings. The second-order valence-electron chi connectivity index (χ2n) is 7.82. The summed E-state index contributed by atoms with van der Waals surface area (Å²) in [4.78, 5) is 36.0. The lowest BCUT2D eigenvalue weighted by Gasteiger charge is -2.31. The van der Waals surface area contributed by atoms with Crippen LogP contribution in [0.4, 0.5) is 5.69 Å². The fraction of sp³-hybridized carbons (Fsp3) is 0.261. The van der Waals surface area contributed by atoms with Gasteiger partial charge >= 0.3 is 5.97 Å². The molecule has 2 aromatic rings. The van der Waals surface area contributed by atoms with Gasteiger partial charge in [0.1, 0.15) is 6.04 Å². The maximum absolute atomic E-state index is 12.6. The van der Waals surface area contributed by atoms with E-state index in [1.807, 2.05) is 0 Å². The highest BCUT2D eigenvalue weighted by atomic mass is 16.4. The van der Waals surface area contributed by atoms with Crippen LogP contribution in [0.3, 0.4) is 0 Å². The van der Waals surface area contributed by atoms with E-state index in [1.165, 1.54) is 19.1 Å².